The van der Waals surface area contributed by atoms with E-state index in [2.05, 4.69) is 20.4 Å². The van der Waals surface area contributed by atoms with E-state index in [9.17, 15) is 18.3 Å². The van der Waals surface area contributed by atoms with Crippen LogP contribution in [0.5, 0.6) is 0 Å². The van der Waals surface area contributed by atoms with E-state index in [1.165, 1.54) is 17.1 Å². The van der Waals surface area contributed by atoms with Gasteiger partial charge in [-0.15, -0.1) is 0 Å². The second kappa shape index (κ2) is 7.63. The zero-order valence-corrected chi connectivity index (χ0v) is 15.6. The first kappa shape index (κ1) is 19.9. The fraction of sp³-hybridized carbons (Fsp3) is 0.588. The minimum Gasteiger partial charge on any atom is -0.390 e. The van der Waals surface area contributed by atoms with Crippen LogP contribution in [0.25, 0.3) is 11.3 Å². The number of halogens is 4. The summed E-state index contributed by atoms with van der Waals surface area (Å²) in [5.74, 6) is 0.489. The van der Waals surface area contributed by atoms with Gasteiger partial charge in [0, 0.05) is 25.0 Å². The minimum absolute atomic E-state index is 0.0700. The van der Waals surface area contributed by atoms with Gasteiger partial charge >= 0.3 is 6.18 Å². The molecule has 2 aromatic rings. The highest BCUT2D eigenvalue weighted by atomic mass is 35.5. The molecule has 0 bridgehead atoms. The summed E-state index contributed by atoms with van der Waals surface area (Å²) >= 11 is 5.92. The van der Waals surface area contributed by atoms with Crippen molar-refractivity contribution >= 4 is 17.4 Å². The minimum atomic E-state index is -4.23. The molecular weight excluding hydrogens is 383 g/mol. The van der Waals surface area contributed by atoms with Crippen LogP contribution in [0.2, 0.25) is 5.28 Å². The quantitative estimate of drug-likeness (QED) is 0.736. The molecule has 0 aromatic carbocycles. The van der Waals surface area contributed by atoms with Gasteiger partial charge in [-0.2, -0.15) is 18.3 Å². The van der Waals surface area contributed by atoms with E-state index >= 15 is 0 Å². The average molecular weight is 404 g/mol. The lowest BCUT2D eigenvalue weighted by molar-refractivity contribution is -0.137. The van der Waals surface area contributed by atoms with Gasteiger partial charge in [0.15, 0.2) is 0 Å². The molecule has 0 amide bonds. The van der Waals surface area contributed by atoms with Crippen molar-refractivity contribution in [3.05, 3.63) is 23.7 Å². The summed E-state index contributed by atoms with van der Waals surface area (Å²) in [5, 5.41) is 17.7. The van der Waals surface area contributed by atoms with Crippen LogP contribution in [0.4, 0.5) is 19.0 Å². The summed E-state index contributed by atoms with van der Waals surface area (Å²) in [6.07, 6.45) is 0.713. The molecule has 0 aliphatic heterocycles. The average Bonchev–Trinajstić information content (AvgIpc) is 3.03. The lowest BCUT2D eigenvalue weighted by atomic mass is 9.83. The summed E-state index contributed by atoms with van der Waals surface area (Å²) in [6.45, 7) is 1.57. The van der Waals surface area contributed by atoms with Gasteiger partial charge in [0.05, 0.1) is 23.3 Å². The van der Waals surface area contributed by atoms with Crippen molar-refractivity contribution in [3.63, 3.8) is 0 Å². The topological polar surface area (TPSA) is 75.9 Å². The Bertz CT molecular complexity index is 783. The van der Waals surface area contributed by atoms with E-state index < -0.39 is 18.2 Å². The number of anilines is 1. The van der Waals surface area contributed by atoms with Gasteiger partial charge in [0.1, 0.15) is 5.82 Å². The fourth-order valence-corrected chi connectivity index (χ4v) is 3.24. The van der Waals surface area contributed by atoms with Crippen LogP contribution in [0.15, 0.2) is 18.5 Å². The van der Waals surface area contributed by atoms with Crippen LogP contribution in [-0.2, 0) is 6.54 Å². The Morgan fingerprint density at radius 2 is 2.07 bits per heavy atom. The maximum atomic E-state index is 12.4. The Balaban J connectivity index is 1.75. The van der Waals surface area contributed by atoms with Crippen LogP contribution in [0.1, 0.15) is 39.0 Å². The molecule has 1 fully saturated rings. The van der Waals surface area contributed by atoms with E-state index in [0.29, 0.717) is 29.9 Å². The van der Waals surface area contributed by atoms with Gasteiger partial charge in [0.2, 0.25) is 5.28 Å². The van der Waals surface area contributed by atoms with Crippen LogP contribution in [-0.4, -0.2) is 42.7 Å². The number of hydrogen-bond acceptors (Lipinski definition) is 5. The summed E-state index contributed by atoms with van der Waals surface area (Å²) < 4.78 is 38.4. The molecule has 2 N–H and O–H groups in total. The number of alkyl halides is 3. The first-order valence-corrected chi connectivity index (χ1v) is 9.11. The summed E-state index contributed by atoms with van der Waals surface area (Å²) in [5.41, 5.74) is 0.392. The second-order valence-corrected chi connectivity index (χ2v) is 7.48. The molecule has 0 radical (unpaired) electrons. The Hall–Kier alpha value is -1.87. The number of nitrogens with zero attached hydrogens (tertiary/aromatic N) is 4. The Morgan fingerprint density at radius 3 is 2.74 bits per heavy atom. The molecule has 2 aromatic heterocycles. The zero-order chi connectivity index (χ0) is 19.7. The van der Waals surface area contributed by atoms with Gasteiger partial charge in [-0.25, -0.2) is 9.97 Å². The maximum absolute atomic E-state index is 12.4. The first-order valence-electron chi connectivity index (χ1n) is 8.73. The highest BCUT2D eigenvalue weighted by Crippen LogP contribution is 2.32. The number of hydrogen-bond donors (Lipinski definition) is 2. The molecule has 0 spiro atoms. The van der Waals surface area contributed by atoms with Crippen LogP contribution in [0, 0.1) is 0 Å². The molecule has 1 aliphatic carbocycles. The van der Waals surface area contributed by atoms with Crippen molar-refractivity contribution in [3.8, 4) is 11.3 Å². The number of aromatic nitrogens is 4. The zero-order valence-electron chi connectivity index (χ0n) is 14.8. The molecule has 2 heterocycles. The van der Waals surface area contributed by atoms with Crippen LogP contribution >= 0.6 is 11.6 Å². The van der Waals surface area contributed by atoms with Gasteiger partial charge in [0.25, 0.3) is 0 Å². The van der Waals surface area contributed by atoms with Crippen molar-refractivity contribution in [1.82, 2.24) is 19.7 Å². The SMILES string of the molecule is CC1(O)CCC(Nc2nc(Cl)ncc2-c2ccn(CCC(F)(F)F)n2)CC1. The summed E-state index contributed by atoms with van der Waals surface area (Å²) in [7, 11) is 0. The lowest BCUT2D eigenvalue weighted by Gasteiger charge is -2.33. The van der Waals surface area contributed by atoms with Gasteiger partial charge in [-0.05, 0) is 50.3 Å². The number of aryl methyl sites for hydroxylation is 1. The van der Waals surface area contributed by atoms with Crippen molar-refractivity contribution < 1.29 is 18.3 Å². The third-order valence-electron chi connectivity index (χ3n) is 4.70. The summed E-state index contributed by atoms with van der Waals surface area (Å²) in [6, 6.07) is 1.74. The lowest BCUT2D eigenvalue weighted by Crippen LogP contribution is -2.36. The Morgan fingerprint density at radius 1 is 1.37 bits per heavy atom. The molecule has 10 heteroatoms. The highest BCUT2D eigenvalue weighted by molar-refractivity contribution is 6.28. The number of aliphatic hydroxyl groups is 1. The molecule has 6 nitrogen and oxygen atoms in total. The van der Waals surface area contributed by atoms with E-state index in [4.69, 9.17) is 11.6 Å². The normalized spacial score (nSPS) is 23.4. The molecule has 1 aliphatic rings. The van der Waals surface area contributed by atoms with Crippen molar-refractivity contribution in [2.75, 3.05) is 5.32 Å². The summed E-state index contributed by atoms with van der Waals surface area (Å²) in [4.78, 5) is 8.20. The smallest absolute Gasteiger partial charge is 0.390 e. The van der Waals surface area contributed by atoms with Crippen LogP contribution in [0.3, 0.4) is 0 Å². The molecule has 0 atom stereocenters. The molecule has 148 valence electrons. The predicted octanol–water partition coefficient (Wildman–Crippen LogP) is 4.05. The van der Waals surface area contributed by atoms with Gasteiger partial charge < -0.3 is 10.4 Å². The second-order valence-electron chi connectivity index (χ2n) is 7.15. The Kier molecular flexibility index (Phi) is 5.62. The molecule has 27 heavy (non-hydrogen) atoms. The van der Waals surface area contributed by atoms with Crippen molar-refractivity contribution in [2.24, 2.45) is 0 Å². The molecule has 0 saturated heterocycles. The predicted molar refractivity (Wildman–Crippen MR) is 95.4 cm³/mol. The molecular formula is C17H21ClF3N5O. The number of nitrogens with one attached hydrogen (secondary N) is 1. The first-order chi connectivity index (χ1) is 12.6. The molecule has 3 rings (SSSR count). The van der Waals surface area contributed by atoms with Gasteiger partial charge in [-0.3, -0.25) is 4.68 Å². The van der Waals surface area contributed by atoms with E-state index in [1.807, 2.05) is 6.92 Å². The van der Waals surface area contributed by atoms with Crippen LogP contribution < -0.4 is 5.32 Å². The van der Waals surface area contributed by atoms with E-state index in [1.54, 1.807) is 6.07 Å². The van der Waals surface area contributed by atoms with Gasteiger partial charge in [-0.1, -0.05) is 0 Å². The fourth-order valence-electron chi connectivity index (χ4n) is 3.11. The van der Waals surface area contributed by atoms with Crippen molar-refractivity contribution in [1.29, 1.82) is 0 Å². The third-order valence-corrected chi connectivity index (χ3v) is 4.89. The third kappa shape index (κ3) is 5.55. The monoisotopic (exact) mass is 403 g/mol. The molecule has 1 saturated carbocycles. The van der Waals surface area contributed by atoms with E-state index in [-0.39, 0.29) is 17.9 Å². The Labute approximate surface area is 159 Å². The maximum Gasteiger partial charge on any atom is 0.390 e. The highest BCUT2D eigenvalue weighted by Gasteiger charge is 2.29. The number of rotatable bonds is 5. The largest absolute Gasteiger partial charge is 0.390 e. The molecule has 0 unspecified atom stereocenters. The van der Waals surface area contributed by atoms with E-state index in [0.717, 1.165) is 12.8 Å². The van der Waals surface area contributed by atoms with Crippen molar-refractivity contribution in [2.45, 2.75) is 63.4 Å². The standard InChI is InChI=1S/C17H21ClF3N5O/c1-16(27)5-2-11(3-6-16)23-14-12(10-22-15(18)24-14)13-4-8-26(25-13)9-7-17(19,20)21/h4,8,10-11,27H,2-3,5-7,9H2,1H3,(H,22,23,24).